The molecule has 0 radical (unpaired) electrons. The molecule has 0 aliphatic heterocycles. The molecule has 17 heavy (non-hydrogen) atoms. The molecule has 3 rings (SSSR count). The molecule has 0 spiro atoms. The van der Waals surface area contributed by atoms with E-state index in [0.717, 1.165) is 10.1 Å². The van der Waals surface area contributed by atoms with Gasteiger partial charge in [-0.15, -0.1) is 11.3 Å². The number of benzene rings is 2. The Morgan fingerprint density at radius 2 is 1.71 bits per heavy atom. The van der Waals surface area contributed by atoms with Crippen LogP contribution in [-0.2, 0) is 0 Å². The SMILES string of the molecule is O=C(O)c1ccc2c(c1)sc1ccccc12.[KH]. The van der Waals surface area contributed by atoms with Crippen molar-refractivity contribution in [3.63, 3.8) is 0 Å². The predicted octanol–water partition coefficient (Wildman–Crippen LogP) is 3.10. The van der Waals surface area contributed by atoms with Crippen molar-refractivity contribution in [1.82, 2.24) is 0 Å². The van der Waals surface area contributed by atoms with Crippen LogP contribution in [0.15, 0.2) is 42.5 Å². The third-order valence-corrected chi connectivity index (χ3v) is 3.76. The molecule has 1 heterocycles. The number of thiophene rings is 1. The van der Waals surface area contributed by atoms with Crippen LogP contribution in [0.2, 0.25) is 0 Å². The van der Waals surface area contributed by atoms with Crippen LogP contribution in [0.4, 0.5) is 0 Å². The zero-order valence-corrected chi connectivity index (χ0v) is 9.12. The predicted molar refractivity (Wildman–Crippen MR) is 73.4 cm³/mol. The summed E-state index contributed by atoms with van der Waals surface area (Å²) in [6, 6.07) is 13.4. The molecule has 1 N–H and O–H groups in total. The first-order chi connectivity index (χ1) is 7.75. The zero-order valence-electron chi connectivity index (χ0n) is 8.31. The van der Waals surface area contributed by atoms with Gasteiger partial charge in [0.2, 0.25) is 0 Å². The molecule has 0 atom stereocenters. The molecule has 0 bridgehead atoms. The normalized spacial score (nSPS) is 10.4. The second kappa shape index (κ2) is 5.18. The fourth-order valence-electron chi connectivity index (χ4n) is 1.86. The van der Waals surface area contributed by atoms with E-state index in [1.807, 2.05) is 18.2 Å². The van der Waals surface area contributed by atoms with E-state index in [1.54, 1.807) is 23.5 Å². The van der Waals surface area contributed by atoms with Crippen LogP contribution in [0.25, 0.3) is 20.2 Å². The van der Waals surface area contributed by atoms with Crippen LogP contribution in [0.1, 0.15) is 10.4 Å². The van der Waals surface area contributed by atoms with E-state index in [-0.39, 0.29) is 51.4 Å². The molecule has 0 amide bonds. The molecule has 0 aliphatic rings. The van der Waals surface area contributed by atoms with E-state index in [0.29, 0.717) is 5.56 Å². The molecule has 3 aromatic rings. The number of fused-ring (bicyclic) bond motifs is 3. The van der Waals surface area contributed by atoms with Gasteiger partial charge in [-0.1, -0.05) is 24.3 Å². The molecule has 2 nitrogen and oxygen atoms in total. The van der Waals surface area contributed by atoms with Crippen molar-refractivity contribution in [3.8, 4) is 0 Å². The molecule has 0 fully saturated rings. The first-order valence-electron chi connectivity index (χ1n) is 4.90. The first kappa shape index (κ1) is 13.2. The first-order valence-corrected chi connectivity index (χ1v) is 5.72. The summed E-state index contributed by atoms with van der Waals surface area (Å²) in [5, 5.41) is 11.2. The molecular weight excluding hydrogens is 259 g/mol. The Labute approximate surface area is 145 Å². The van der Waals surface area contributed by atoms with Crippen LogP contribution in [-0.4, -0.2) is 62.5 Å². The van der Waals surface area contributed by atoms with Crippen molar-refractivity contribution in [2.45, 2.75) is 0 Å². The minimum atomic E-state index is -0.876. The number of rotatable bonds is 1. The molecule has 4 heteroatoms. The molecule has 2 aromatic carbocycles. The second-order valence-corrected chi connectivity index (χ2v) is 4.70. The summed E-state index contributed by atoms with van der Waals surface area (Å²) < 4.78 is 2.22. The number of aromatic carboxylic acids is 1. The van der Waals surface area contributed by atoms with Gasteiger partial charge in [0.05, 0.1) is 5.56 Å². The van der Waals surface area contributed by atoms with Crippen molar-refractivity contribution in [2.24, 2.45) is 0 Å². The van der Waals surface area contributed by atoms with E-state index in [9.17, 15) is 4.79 Å². The van der Waals surface area contributed by atoms with E-state index in [2.05, 4.69) is 12.1 Å². The van der Waals surface area contributed by atoms with Crippen molar-refractivity contribution >= 4 is 88.9 Å². The summed E-state index contributed by atoms with van der Waals surface area (Å²) in [6.07, 6.45) is 0. The molecule has 1 aromatic heterocycles. The second-order valence-electron chi connectivity index (χ2n) is 3.61. The maximum absolute atomic E-state index is 10.9. The van der Waals surface area contributed by atoms with Gasteiger partial charge < -0.3 is 5.11 Å². The van der Waals surface area contributed by atoms with Crippen molar-refractivity contribution < 1.29 is 9.90 Å². The molecular formula is C13H9KO2S. The van der Waals surface area contributed by atoms with Crippen molar-refractivity contribution in [1.29, 1.82) is 0 Å². The summed E-state index contributed by atoms with van der Waals surface area (Å²) in [5.41, 5.74) is 0.346. The van der Waals surface area contributed by atoms with Crippen LogP contribution < -0.4 is 0 Å². The van der Waals surface area contributed by atoms with Gasteiger partial charge in [0.25, 0.3) is 0 Å². The molecule has 0 aliphatic carbocycles. The van der Waals surface area contributed by atoms with Gasteiger partial charge in [-0.05, 0) is 18.2 Å². The van der Waals surface area contributed by atoms with Crippen LogP contribution in [0.3, 0.4) is 0 Å². The van der Waals surface area contributed by atoms with Gasteiger partial charge in [-0.3, -0.25) is 0 Å². The van der Waals surface area contributed by atoms with Gasteiger partial charge in [0.15, 0.2) is 0 Å². The van der Waals surface area contributed by atoms with E-state index in [1.165, 1.54) is 10.1 Å². The topological polar surface area (TPSA) is 37.3 Å². The zero-order chi connectivity index (χ0) is 11.1. The van der Waals surface area contributed by atoms with Crippen LogP contribution in [0.5, 0.6) is 0 Å². The van der Waals surface area contributed by atoms with Gasteiger partial charge in [-0.2, -0.15) is 0 Å². The average Bonchev–Trinajstić information content (AvgIpc) is 2.66. The third-order valence-electron chi connectivity index (χ3n) is 2.63. The number of hydrogen-bond acceptors (Lipinski definition) is 2. The van der Waals surface area contributed by atoms with Gasteiger partial charge in [0, 0.05) is 20.2 Å². The molecule has 0 unspecified atom stereocenters. The van der Waals surface area contributed by atoms with Gasteiger partial charge in [-0.25, -0.2) is 4.79 Å². The minimum absolute atomic E-state index is 0. The Hall–Kier alpha value is -0.234. The average molecular weight is 268 g/mol. The Bertz CT molecular complexity index is 703. The monoisotopic (exact) mass is 268 g/mol. The fraction of sp³-hybridized carbons (Fsp3) is 0. The van der Waals surface area contributed by atoms with Crippen molar-refractivity contribution in [3.05, 3.63) is 48.0 Å². The van der Waals surface area contributed by atoms with Crippen LogP contribution >= 0.6 is 11.3 Å². The third kappa shape index (κ3) is 2.34. The number of carboxylic acids is 1. The summed E-state index contributed by atoms with van der Waals surface area (Å²) in [6.45, 7) is 0. The Kier molecular flexibility index (Phi) is 4.02. The van der Waals surface area contributed by atoms with E-state index >= 15 is 0 Å². The Morgan fingerprint density at radius 3 is 2.47 bits per heavy atom. The standard InChI is InChI=1S/C13H8O2S.K.H/c14-13(15)8-5-6-10-9-3-1-2-4-11(9)16-12(10)7-8;;/h1-7H,(H,14,15);;. The van der Waals surface area contributed by atoms with Gasteiger partial charge >= 0.3 is 57.4 Å². The number of hydrogen-bond donors (Lipinski definition) is 1. The maximum atomic E-state index is 10.9. The summed E-state index contributed by atoms with van der Waals surface area (Å²) in [5.74, 6) is -0.876. The van der Waals surface area contributed by atoms with Crippen LogP contribution in [0, 0.1) is 0 Å². The molecule has 0 saturated carbocycles. The number of carbonyl (C=O) groups is 1. The van der Waals surface area contributed by atoms with Crippen molar-refractivity contribution in [2.75, 3.05) is 0 Å². The molecule has 80 valence electrons. The fourth-order valence-corrected chi connectivity index (χ4v) is 3.00. The summed E-state index contributed by atoms with van der Waals surface area (Å²) >= 11 is 1.63. The van der Waals surface area contributed by atoms with E-state index < -0.39 is 5.97 Å². The quantitative estimate of drug-likeness (QED) is 0.689. The Morgan fingerprint density at radius 1 is 1.00 bits per heavy atom. The van der Waals surface area contributed by atoms with E-state index in [4.69, 9.17) is 5.11 Å². The number of carboxylic acid groups (broad SMARTS) is 1. The summed E-state index contributed by atoms with van der Waals surface area (Å²) in [7, 11) is 0. The Balaban J connectivity index is 0.00000108. The van der Waals surface area contributed by atoms with Gasteiger partial charge in [0.1, 0.15) is 0 Å². The molecule has 0 saturated heterocycles. The summed E-state index contributed by atoms with van der Waals surface area (Å²) in [4.78, 5) is 10.9.